The number of hydrogen-bond acceptors (Lipinski definition) is 6. The first-order chi connectivity index (χ1) is 14.7. The van der Waals surface area contributed by atoms with Crippen molar-refractivity contribution in [1.82, 2.24) is 29.9 Å². The van der Waals surface area contributed by atoms with Gasteiger partial charge in [-0.1, -0.05) is 12.8 Å². The lowest BCUT2D eigenvalue weighted by Gasteiger charge is -2.44. The average Bonchev–Trinajstić information content (AvgIpc) is 3.48. The highest BCUT2D eigenvalue weighted by atomic mass is 16.5. The lowest BCUT2D eigenvalue weighted by molar-refractivity contribution is 0.0415. The van der Waals surface area contributed by atoms with Crippen LogP contribution >= 0.6 is 0 Å². The molecule has 156 valence electrons. The van der Waals surface area contributed by atoms with E-state index in [0.29, 0.717) is 23.7 Å². The summed E-state index contributed by atoms with van der Waals surface area (Å²) in [6.07, 6.45) is 5.79. The van der Waals surface area contributed by atoms with Crippen molar-refractivity contribution in [3.05, 3.63) is 42.0 Å². The van der Waals surface area contributed by atoms with Crippen molar-refractivity contribution in [3.63, 3.8) is 0 Å². The number of hydrogen-bond donors (Lipinski definition) is 1. The lowest BCUT2D eigenvalue weighted by Crippen LogP contribution is -2.50. The number of H-pyrrole nitrogens is 1. The minimum absolute atomic E-state index is 0.0358. The molecule has 3 heterocycles. The van der Waals surface area contributed by atoms with Crippen LogP contribution in [0, 0.1) is 0 Å². The molecule has 9 nitrogen and oxygen atoms in total. The zero-order chi connectivity index (χ0) is 20.7. The Labute approximate surface area is 174 Å². The third kappa shape index (κ3) is 2.92. The quantitative estimate of drug-likeness (QED) is 0.713. The van der Waals surface area contributed by atoms with Gasteiger partial charge in [0.15, 0.2) is 23.1 Å². The SMILES string of the molecule is COc1ccc(-c2nnc3n2C2CCCCC2N(C(=O)c2ccn[nH]2)C3)cc1OC. The normalized spacial score (nSPS) is 20.4. The van der Waals surface area contributed by atoms with E-state index in [1.807, 2.05) is 23.1 Å². The Morgan fingerprint density at radius 3 is 2.60 bits per heavy atom. The van der Waals surface area contributed by atoms with Crippen LogP contribution in [0.2, 0.25) is 0 Å². The van der Waals surface area contributed by atoms with Crippen LogP contribution in [-0.4, -0.2) is 56.0 Å². The summed E-state index contributed by atoms with van der Waals surface area (Å²) in [5, 5.41) is 15.7. The van der Waals surface area contributed by atoms with E-state index in [-0.39, 0.29) is 18.0 Å². The average molecular weight is 408 g/mol. The van der Waals surface area contributed by atoms with Crippen molar-refractivity contribution in [2.45, 2.75) is 44.3 Å². The number of aromatic amines is 1. The highest BCUT2D eigenvalue weighted by Crippen LogP contribution is 2.41. The highest BCUT2D eigenvalue weighted by molar-refractivity contribution is 5.92. The van der Waals surface area contributed by atoms with E-state index < -0.39 is 0 Å². The van der Waals surface area contributed by atoms with E-state index in [1.165, 1.54) is 0 Å². The topological polar surface area (TPSA) is 98.2 Å². The van der Waals surface area contributed by atoms with Crippen LogP contribution in [0.1, 0.15) is 48.0 Å². The summed E-state index contributed by atoms with van der Waals surface area (Å²) in [5.74, 6) is 2.89. The Morgan fingerprint density at radius 2 is 1.87 bits per heavy atom. The standard InChI is InChI=1S/C21H24N6O3/c1-29-17-8-7-13(11-18(17)30-2)20-25-24-19-12-26(21(28)14-9-10-22-23-14)15-5-3-4-6-16(15)27(19)20/h7-11,15-16H,3-6,12H2,1-2H3,(H,22,23). The summed E-state index contributed by atoms with van der Waals surface area (Å²) >= 11 is 0. The molecular weight excluding hydrogens is 384 g/mol. The summed E-state index contributed by atoms with van der Waals surface area (Å²) in [5.41, 5.74) is 1.43. The predicted molar refractivity (Wildman–Crippen MR) is 108 cm³/mol. The smallest absolute Gasteiger partial charge is 0.272 e. The first-order valence-corrected chi connectivity index (χ1v) is 10.2. The zero-order valence-electron chi connectivity index (χ0n) is 17.0. The van der Waals surface area contributed by atoms with Gasteiger partial charge in [0.2, 0.25) is 0 Å². The molecule has 2 atom stereocenters. The van der Waals surface area contributed by atoms with Gasteiger partial charge in [0.25, 0.3) is 5.91 Å². The number of carbonyl (C=O) groups is 1. The number of amides is 1. The van der Waals surface area contributed by atoms with E-state index in [9.17, 15) is 4.79 Å². The molecule has 1 saturated carbocycles. The van der Waals surface area contributed by atoms with Crippen molar-refractivity contribution in [2.24, 2.45) is 0 Å². The Balaban J connectivity index is 1.56. The number of aromatic nitrogens is 5. The molecule has 9 heteroatoms. The monoisotopic (exact) mass is 408 g/mol. The summed E-state index contributed by atoms with van der Waals surface area (Å²) < 4.78 is 13.1. The van der Waals surface area contributed by atoms with Crippen LogP contribution < -0.4 is 9.47 Å². The van der Waals surface area contributed by atoms with Gasteiger partial charge in [-0.25, -0.2) is 0 Å². The number of methoxy groups -OCH3 is 2. The fourth-order valence-corrected chi connectivity index (χ4v) is 4.73. The van der Waals surface area contributed by atoms with Crippen LogP contribution in [-0.2, 0) is 6.54 Å². The fraction of sp³-hybridized carbons (Fsp3) is 0.429. The molecule has 1 N–H and O–H groups in total. The summed E-state index contributed by atoms with van der Waals surface area (Å²) in [6.45, 7) is 0.430. The number of carbonyl (C=O) groups excluding carboxylic acids is 1. The minimum atomic E-state index is -0.0358. The molecule has 1 aromatic carbocycles. The van der Waals surface area contributed by atoms with Gasteiger partial charge < -0.3 is 18.9 Å². The molecule has 2 unspecified atom stereocenters. The van der Waals surface area contributed by atoms with Crippen molar-refractivity contribution < 1.29 is 14.3 Å². The number of nitrogens with zero attached hydrogens (tertiary/aromatic N) is 5. The van der Waals surface area contributed by atoms with Gasteiger partial charge in [0, 0.05) is 11.8 Å². The number of nitrogens with one attached hydrogen (secondary N) is 1. The van der Waals surface area contributed by atoms with E-state index in [4.69, 9.17) is 9.47 Å². The third-order valence-electron chi connectivity index (χ3n) is 6.14. The van der Waals surface area contributed by atoms with E-state index in [2.05, 4.69) is 25.0 Å². The first-order valence-electron chi connectivity index (χ1n) is 10.2. The van der Waals surface area contributed by atoms with Crippen molar-refractivity contribution in [3.8, 4) is 22.9 Å². The molecular formula is C21H24N6O3. The van der Waals surface area contributed by atoms with Crippen LogP contribution in [0.3, 0.4) is 0 Å². The fourth-order valence-electron chi connectivity index (χ4n) is 4.73. The Bertz CT molecular complexity index is 1060. The third-order valence-corrected chi connectivity index (χ3v) is 6.14. The van der Waals surface area contributed by atoms with E-state index in [0.717, 1.165) is 42.9 Å². The second-order valence-corrected chi connectivity index (χ2v) is 7.70. The van der Waals surface area contributed by atoms with Gasteiger partial charge >= 0.3 is 0 Å². The Morgan fingerprint density at radius 1 is 1.07 bits per heavy atom. The van der Waals surface area contributed by atoms with Crippen molar-refractivity contribution in [2.75, 3.05) is 14.2 Å². The van der Waals surface area contributed by atoms with Crippen LogP contribution in [0.4, 0.5) is 0 Å². The summed E-state index contributed by atoms with van der Waals surface area (Å²) in [7, 11) is 3.24. The molecule has 1 amide bonds. The second kappa shape index (κ2) is 7.47. The number of fused-ring (bicyclic) bond motifs is 3. The maximum atomic E-state index is 13.1. The van der Waals surface area contributed by atoms with Gasteiger partial charge in [0.1, 0.15) is 5.69 Å². The molecule has 0 bridgehead atoms. The van der Waals surface area contributed by atoms with Crippen LogP contribution in [0.15, 0.2) is 30.5 Å². The van der Waals surface area contributed by atoms with E-state index in [1.54, 1.807) is 26.5 Å². The second-order valence-electron chi connectivity index (χ2n) is 7.70. The van der Waals surface area contributed by atoms with Gasteiger partial charge in [-0.2, -0.15) is 5.10 Å². The van der Waals surface area contributed by atoms with Crippen molar-refractivity contribution in [1.29, 1.82) is 0 Å². The Hall–Kier alpha value is -3.36. The van der Waals surface area contributed by atoms with E-state index >= 15 is 0 Å². The van der Waals surface area contributed by atoms with Crippen LogP contribution in [0.25, 0.3) is 11.4 Å². The van der Waals surface area contributed by atoms with Crippen molar-refractivity contribution >= 4 is 5.91 Å². The molecule has 1 aliphatic heterocycles. The largest absolute Gasteiger partial charge is 0.493 e. The molecule has 1 fully saturated rings. The van der Waals surface area contributed by atoms with Gasteiger partial charge in [-0.3, -0.25) is 9.89 Å². The molecule has 3 aromatic rings. The van der Waals surface area contributed by atoms with Gasteiger partial charge in [0.05, 0.1) is 32.8 Å². The number of ether oxygens (including phenoxy) is 2. The first kappa shape index (κ1) is 18.7. The Kier molecular flexibility index (Phi) is 4.65. The van der Waals surface area contributed by atoms with Crippen LogP contribution in [0.5, 0.6) is 11.5 Å². The maximum Gasteiger partial charge on any atom is 0.272 e. The molecule has 2 aromatic heterocycles. The molecule has 0 spiro atoms. The molecule has 0 radical (unpaired) electrons. The highest BCUT2D eigenvalue weighted by Gasteiger charge is 2.41. The molecule has 5 rings (SSSR count). The molecule has 0 saturated heterocycles. The minimum Gasteiger partial charge on any atom is -0.493 e. The zero-order valence-corrected chi connectivity index (χ0v) is 17.0. The van der Waals surface area contributed by atoms with Gasteiger partial charge in [-0.15, -0.1) is 10.2 Å². The molecule has 1 aliphatic carbocycles. The maximum absolute atomic E-state index is 13.1. The number of rotatable bonds is 4. The number of benzene rings is 1. The predicted octanol–water partition coefficient (Wildman–Crippen LogP) is 2.83. The molecule has 2 aliphatic rings. The van der Waals surface area contributed by atoms with Gasteiger partial charge in [-0.05, 0) is 37.1 Å². The lowest BCUT2D eigenvalue weighted by atomic mass is 9.87. The molecule has 30 heavy (non-hydrogen) atoms. The summed E-state index contributed by atoms with van der Waals surface area (Å²) in [4.78, 5) is 15.1. The summed E-state index contributed by atoms with van der Waals surface area (Å²) in [6, 6.07) is 7.75.